The van der Waals surface area contributed by atoms with Gasteiger partial charge in [0, 0.05) is 26.1 Å². The smallest absolute Gasteiger partial charge is 0.410 e. The molecule has 2 saturated heterocycles. The third-order valence-corrected chi connectivity index (χ3v) is 6.99. The summed E-state index contributed by atoms with van der Waals surface area (Å²) in [6.45, 7) is 5.85. The first kappa shape index (κ1) is 23.8. The van der Waals surface area contributed by atoms with E-state index in [1.165, 1.54) is 12.0 Å². The van der Waals surface area contributed by atoms with Gasteiger partial charge < -0.3 is 19.3 Å². The number of ether oxygens (including phenoxy) is 3. The summed E-state index contributed by atoms with van der Waals surface area (Å²) in [5.41, 5.74) is 0. The summed E-state index contributed by atoms with van der Waals surface area (Å²) in [5.74, 6) is 0.338. The Morgan fingerprint density at radius 2 is 1.65 bits per heavy atom. The molecule has 1 aliphatic carbocycles. The molecule has 0 radical (unpaired) electrons. The van der Waals surface area contributed by atoms with E-state index in [4.69, 9.17) is 14.2 Å². The Hall–Kier alpha value is -1.87. The molecule has 3 fully saturated rings. The maximum absolute atomic E-state index is 12.4. The fourth-order valence-electron chi connectivity index (χ4n) is 5.58. The van der Waals surface area contributed by atoms with Crippen LogP contribution in [-0.2, 0) is 23.8 Å². The van der Waals surface area contributed by atoms with E-state index in [1.807, 2.05) is 0 Å². The number of likely N-dealkylation sites (tertiary alicyclic amines) is 2. The normalized spacial score (nSPS) is 33.5. The summed E-state index contributed by atoms with van der Waals surface area (Å²) in [4.78, 5) is 40.7. The van der Waals surface area contributed by atoms with Crippen LogP contribution in [-0.4, -0.2) is 91.1 Å². The number of carbonyl (C=O) groups excluding carboxylic acids is 3. The molecule has 6 atom stereocenters. The van der Waals surface area contributed by atoms with Crippen molar-refractivity contribution in [2.75, 3.05) is 40.0 Å². The van der Waals surface area contributed by atoms with E-state index in [-0.39, 0.29) is 18.6 Å². The predicted molar refractivity (Wildman–Crippen MR) is 111 cm³/mol. The number of aliphatic hydroxyl groups excluding tert-OH is 1. The van der Waals surface area contributed by atoms with Crippen molar-refractivity contribution in [3.63, 3.8) is 0 Å². The van der Waals surface area contributed by atoms with Gasteiger partial charge in [-0.15, -0.1) is 0 Å². The van der Waals surface area contributed by atoms with Gasteiger partial charge in [0.05, 0.1) is 26.4 Å². The number of aliphatic hydroxyl groups is 1. The second-order valence-corrected chi connectivity index (χ2v) is 8.94. The van der Waals surface area contributed by atoms with Gasteiger partial charge in [0.15, 0.2) is 0 Å². The lowest BCUT2D eigenvalue weighted by Crippen LogP contribution is -2.55. The first-order chi connectivity index (χ1) is 14.9. The van der Waals surface area contributed by atoms with Gasteiger partial charge in [-0.05, 0) is 57.3 Å². The number of amides is 1. The van der Waals surface area contributed by atoms with Gasteiger partial charge in [-0.1, -0.05) is 0 Å². The number of nitrogens with zero attached hydrogens (tertiary/aromatic N) is 2. The minimum atomic E-state index is -0.620. The number of β-amino-alcohol motifs (C(OH)–C–C–N with tert-alkyl or cyclic N) is 1. The summed E-state index contributed by atoms with van der Waals surface area (Å²) in [6, 6.07) is -1.01. The Morgan fingerprint density at radius 3 is 2.32 bits per heavy atom. The zero-order valence-electron chi connectivity index (χ0n) is 18.8. The van der Waals surface area contributed by atoms with Crippen molar-refractivity contribution in [1.82, 2.24) is 9.80 Å². The van der Waals surface area contributed by atoms with Crippen LogP contribution in [0.5, 0.6) is 0 Å². The molecule has 3 rings (SSSR count). The van der Waals surface area contributed by atoms with Crippen LogP contribution in [0, 0.1) is 17.8 Å². The minimum absolute atomic E-state index is 0.263. The fourth-order valence-corrected chi connectivity index (χ4v) is 5.58. The monoisotopic (exact) mass is 440 g/mol. The molecule has 9 nitrogen and oxygen atoms in total. The maximum atomic E-state index is 12.4. The van der Waals surface area contributed by atoms with Crippen LogP contribution < -0.4 is 0 Å². The topological polar surface area (TPSA) is 106 Å². The first-order valence-corrected chi connectivity index (χ1v) is 11.5. The van der Waals surface area contributed by atoms with Crippen LogP contribution in [0.25, 0.3) is 0 Å². The highest BCUT2D eigenvalue weighted by Gasteiger charge is 2.46. The van der Waals surface area contributed by atoms with Crippen LogP contribution in [0.1, 0.15) is 46.0 Å². The largest absolute Gasteiger partial charge is 0.467 e. The highest BCUT2D eigenvalue weighted by molar-refractivity contribution is 5.81. The summed E-state index contributed by atoms with van der Waals surface area (Å²) in [6.07, 6.45) is 2.89. The Kier molecular flexibility index (Phi) is 8.16. The number of esters is 2. The number of hydrogen-bond acceptors (Lipinski definition) is 8. The first-order valence-electron chi connectivity index (χ1n) is 11.5. The Bertz CT molecular complexity index is 658. The number of fused-ring (bicyclic) bond motifs is 1. The standard InChI is InChI=1S/C22H36N2O7/c1-4-30-21(27)18-10-17(25)13-23(18)11-14-6-7-15-12-24(22(28)31-5-2)19(20(26)29-3)9-16(15)8-14/h14-19,25H,4-13H2,1-3H3. The molecule has 9 heteroatoms. The van der Waals surface area contributed by atoms with E-state index in [1.54, 1.807) is 13.8 Å². The van der Waals surface area contributed by atoms with Crippen molar-refractivity contribution in [1.29, 1.82) is 0 Å². The quantitative estimate of drug-likeness (QED) is 0.488. The lowest BCUT2D eigenvalue weighted by Gasteiger charge is -2.46. The van der Waals surface area contributed by atoms with Crippen LogP contribution in [0.15, 0.2) is 0 Å². The molecule has 6 unspecified atom stereocenters. The molecule has 1 saturated carbocycles. The highest BCUT2D eigenvalue weighted by Crippen LogP contribution is 2.42. The predicted octanol–water partition coefficient (Wildman–Crippen LogP) is 1.42. The molecule has 0 aromatic carbocycles. The SMILES string of the molecule is CCOC(=O)C1CC(O)CN1CC1CCC2CN(C(=O)OCC)C(C(=O)OC)CC2C1. The van der Waals surface area contributed by atoms with Gasteiger partial charge in [0.1, 0.15) is 12.1 Å². The van der Waals surface area contributed by atoms with Gasteiger partial charge in [0.25, 0.3) is 0 Å². The second kappa shape index (κ2) is 10.6. The number of carbonyl (C=O) groups is 3. The van der Waals surface area contributed by atoms with Crippen LogP contribution in [0.3, 0.4) is 0 Å². The van der Waals surface area contributed by atoms with Crippen molar-refractivity contribution >= 4 is 18.0 Å². The molecular weight excluding hydrogens is 404 g/mol. The van der Waals surface area contributed by atoms with E-state index in [2.05, 4.69) is 4.90 Å². The van der Waals surface area contributed by atoms with Crippen molar-refractivity contribution in [2.45, 2.75) is 64.1 Å². The molecule has 1 N–H and O–H groups in total. The van der Waals surface area contributed by atoms with Crippen molar-refractivity contribution in [3.05, 3.63) is 0 Å². The Balaban J connectivity index is 1.64. The molecule has 31 heavy (non-hydrogen) atoms. The van der Waals surface area contributed by atoms with Crippen molar-refractivity contribution in [3.8, 4) is 0 Å². The molecule has 176 valence electrons. The third-order valence-electron chi connectivity index (χ3n) is 6.99. The minimum Gasteiger partial charge on any atom is -0.467 e. The molecule has 2 heterocycles. The molecule has 0 spiro atoms. The maximum Gasteiger partial charge on any atom is 0.410 e. The van der Waals surface area contributed by atoms with Crippen LogP contribution >= 0.6 is 0 Å². The molecule has 0 aromatic rings. The second-order valence-electron chi connectivity index (χ2n) is 8.94. The number of rotatable bonds is 6. The zero-order valence-corrected chi connectivity index (χ0v) is 18.8. The lowest BCUT2D eigenvalue weighted by molar-refractivity contribution is -0.151. The zero-order chi connectivity index (χ0) is 22.5. The number of methoxy groups -OCH3 is 1. The summed E-state index contributed by atoms with van der Waals surface area (Å²) < 4.78 is 15.3. The summed E-state index contributed by atoms with van der Waals surface area (Å²) in [5, 5.41) is 10.1. The van der Waals surface area contributed by atoms with E-state index in [0.717, 1.165) is 25.8 Å². The van der Waals surface area contributed by atoms with E-state index < -0.39 is 24.2 Å². The molecule has 3 aliphatic rings. The van der Waals surface area contributed by atoms with E-state index in [9.17, 15) is 19.5 Å². The average Bonchev–Trinajstić information content (AvgIpc) is 3.12. The lowest BCUT2D eigenvalue weighted by atomic mass is 9.69. The average molecular weight is 441 g/mol. The Morgan fingerprint density at radius 1 is 0.903 bits per heavy atom. The summed E-state index contributed by atoms with van der Waals surface area (Å²) >= 11 is 0. The van der Waals surface area contributed by atoms with Crippen LogP contribution in [0.2, 0.25) is 0 Å². The van der Waals surface area contributed by atoms with E-state index in [0.29, 0.717) is 50.3 Å². The molecule has 0 aromatic heterocycles. The number of piperidine rings is 1. The van der Waals surface area contributed by atoms with Crippen molar-refractivity contribution < 1.29 is 33.7 Å². The Labute approximate surface area is 184 Å². The third kappa shape index (κ3) is 5.49. The van der Waals surface area contributed by atoms with Gasteiger partial charge in [-0.2, -0.15) is 0 Å². The van der Waals surface area contributed by atoms with Gasteiger partial charge in [-0.25, -0.2) is 9.59 Å². The molecular formula is C22H36N2O7. The fraction of sp³-hybridized carbons (Fsp3) is 0.864. The molecule has 0 bridgehead atoms. The highest BCUT2D eigenvalue weighted by atomic mass is 16.6. The van der Waals surface area contributed by atoms with Gasteiger partial charge >= 0.3 is 18.0 Å². The van der Waals surface area contributed by atoms with Crippen molar-refractivity contribution in [2.24, 2.45) is 17.8 Å². The van der Waals surface area contributed by atoms with E-state index >= 15 is 0 Å². The van der Waals surface area contributed by atoms with Crippen LogP contribution in [0.4, 0.5) is 4.79 Å². The molecule has 1 amide bonds. The number of hydrogen-bond donors (Lipinski definition) is 1. The van der Waals surface area contributed by atoms with Gasteiger partial charge in [0.2, 0.25) is 0 Å². The summed E-state index contributed by atoms with van der Waals surface area (Å²) in [7, 11) is 1.34. The molecule has 2 aliphatic heterocycles. The van der Waals surface area contributed by atoms with Gasteiger partial charge in [-0.3, -0.25) is 14.6 Å².